The number of amides is 1. The van der Waals surface area contributed by atoms with Crippen molar-refractivity contribution in [2.24, 2.45) is 5.73 Å². The summed E-state index contributed by atoms with van der Waals surface area (Å²) in [6, 6.07) is 0.690. The van der Waals surface area contributed by atoms with Crippen molar-refractivity contribution in [3.8, 4) is 0 Å². The summed E-state index contributed by atoms with van der Waals surface area (Å²) in [4.78, 5) is 11.0. The quantitative estimate of drug-likeness (QED) is 0.642. The molecule has 4 nitrogen and oxygen atoms in total. The highest BCUT2D eigenvalue weighted by Gasteiger charge is 2.21. The van der Waals surface area contributed by atoms with Crippen LogP contribution in [0.5, 0.6) is 0 Å². The Bertz CT molecular complexity index is 269. The van der Waals surface area contributed by atoms with E-state index >= 15 is 0 Å². The van der Waals surface area contributed by atoms with Crippen molar-refractivity contribution in [3.63, 3.8) is 0 Å². The van der Waals surface area contributed by atoms with Crippen molar-refractivity contribution in [3.05, 3.63) is 0 Å². The van der Waals surface area contributed by atoms with E-state index in [9.17, 15) is 4.79 Å². The molecule has 0 heterocycles. The first-order valence-electron chi connectivity index (χ1n) is 7.75. The molecule has 0 aromatic heterocycles. The van der Waals surface area contributed by atoms with E-state index in [1.807, 2.05) is 11.8 Å². The molecule has 0 aliphatic heterocycles. The second-order valence-corrected chi connectivity index (χ2v) is 6.67. The van der Waals surface area contributed by atoms with Gasteiger partial charge in [-0.1, -0.05) is 0 Å². The molecule has 1 aliphatic carbocycles. The highest BCUT2D eigenvalue weighted by Crippen LogP contribution is 2.21. The van der Waals surface area contributed by atoms with Gasteiger partial charge in [0.25, 0.3) is 0 Å². The molecule has 1 rings (SSSR count). The van der Waals surface area contributed by atoms with Crippen LogP contribution in [-0.4, -0.2) is 42.7 Å². The number of unbranched alkanes of at least 4 members (excludes halogenated alkanes) is 1. The number of nitrogens with two attached hydrogens (primary N) is 1. The lowest BCUT2D eigenvalue weighted by Crippen LogP contribution is -2.37. The van der Waals surface area contributed by atoms with Crippen LogP contribution < -0.4 is 11.1 Å². The molecule has 1 fully saturated rings. The molecule has 1 aliphatic rings. The fraction of sp³-hybridized carbons (Fsp3) is 0.933. The summed E-state index contributed by atoms with van der Waals surface area (Å²) >= 11 is 1.81. The van der Waals surface area contributed by atoms with Crippen LogP contribution in [0.25, 0.3) is 0 Å². The number of thioether (sulfide) groups is 1. The van der Waals surface area contributed by atoms with Crippen LogP contribution in [0.1, 0.15) is 51.9 Å². The molecule has 1 amide bonds. The Balaban J connectivity index is 1.97. The number of hydrogen-bond donors (Lipinski definition) is 2. The van der Waals surface area contributed by atoms with Gasteiger partial charge in [-0.05, 0) is 51.2 Å². The molecule has 118 valence electrons. The summed E-state index contributed by atoms with van der Waals surface area (Å²) in [5.41, 5.74) is 5.97. The standard InChI is InChI=1S/C15H30N2O2S/c1-12(18)17-14-6-8-15(9-7-14)19-10-4-3-5-13(16)11-20-2/h13-15H,3-11,16H2,1-2H3,(H,17,18). The van der Waals surface area contributed by atoms with Gasteiger partial charge in [0.05, 0.1) is 6.10 Å². The Morgan fingerprint density at radius 1 is 1.35 bits per heavy atom. The SMILES string of the molecule is CSCC(N)CCCCOC1CCC(NC(C)=O)CC1. The number of rotatable bonds is 9. The zero-order valence-corrected chi connectivity index (χ0v) is 13.7. The van der Waals surface area contributed by atoms with E-state index < -0.39 is 0 Å². The van der Waals surface area contributed by atoms with Crippen molar-refractivity contribution >= 4 is 17.7 Å². The van der Waals surface area contributed by atoms with Crippen molar-refractivity contribution in [1.29, 1.82) is 0 Å². The molecule has 0 saturated heterocycles. The zero-order valence-electron chi connectivity index (χ0n) is 12.9. The summed E-state index contributed by atoms with van der Waals surface area (Å²) in [6.07, 6.45) is 10.1. The van der Waals surface area contributed by atoms with Gasteiger partial charge in [-0.3, -0.25) is 4.79 Å². The maximum absolute atomic E-state index is 11.0. The van der Waals surface area contributed by atoms with Gasteiger partial charge in [-0.25, -0.2) is 0 Å². The van der Waals surface area contributed by atoms with Crippen molar-refractivity contribution in [2.75, 3.05) is 18.6 Å². The third kappa shape index (κ3) is 8.12. The maximum Gasteiger partial charge on any atom is 0.217 e. The molecule has 0 aromatic rings. The lowest BCUT2D eigenvalue weighted by Gasteiger charge is -2.28. The van der Waals surface area contributed by atoms with Crippen molar-refractivity contribution < 1.29 is 9.53 Å². The molecule has 0 spiro atoms. The van der Waals surface area contributed by atoms with Gasteiger partial charge >= 0.3 is 0 Å². The highest BCUT2D eigenvalue weighted by atomic mass is 32.2. The maximum atomic E-state index is 11.0. The molecule has 1 atom stereocenters. The monoisotopic (exact) mass is 302 g/mol. The lowest BCUT2D eigenvalue weighted by atomic mass is 9.93. The number of hydrogen-bond acceptors (Lipinski definition) is 4. The van der Waals surface area contributed by atoms with E-state index in [0.717, 1.165) is 57.3 Å². The molecular formula is C15H30N2O2S. The molecule has 0 bridgehead atoms. The first-order chi connectivity index (χ1) is 9.61. The van der Waals surface area contributed by atoms with Gasteiger partial charge in [0.2, 0.25) is 5.91 Å². The average Bonchev–Trinajstić information content (AvgIpc) is 2.40. The van der Waals surface area contributed by atoms with Crippen molar-refractivity contribution in [2.45, 2.75) is 70.1 Å². The first kappa shape index (κ1) is 17.8. The lowest BCUT2D eigenvalue weighted by molar-refractivity contribution is -0.120. The number of carbonyl (C=O) groups excluding carboxylic acids is 1. The average molecular weight is 302 g/mol. The van der Waals surface area contributed by atoms with Gasteiger partial charge in [0.1, 0.15) is 0 Å². The van der Waals surface area contributed by atoms with Gasteiger partial charge in [-0.2, -0.15) is 11.8 Å². The Hall–Kier alpha value is -0.260. The van der Waals surface area contributed by atoms with Gasteiger partial charge < -0.3 is 15.8 Å². The Morgan fingerprint density at radius 2 is 2.05 bits per heavy atom. The Kier molecular flexibility index (Phi) is 9.31. The van der Waals surface area contributed by atoms with Crippen LogP contribution >= 0.6 is 11.8 Å². The Labute approximate surface area is 127 Å². The van der Waals surface area contributed by atoms with E-state index in [0.29, 0.717) is 18.2 Å². The van der Waals surface area contributed by atoms with Crippen molar-refractivity contribution in [1.82, 2.24) is 5.32 Å². The molecule has 5 heteroatoms. The van der Waals surface area contributed by atoms with Gasteiger partial charge in [0, 0.05) is 31.4 Å². The van der Waals surface area contributed by atoms with Crippen LogP contribution in [0.2, 0.25) is 0 Å². The molecule has 0 radical (unpaired) electrons. The number of carbonyl (C=O) groups is 1. The molecule has 1 unspecified atom stereocenters. The fourth-order valence-electron chi connectivity index (χ4n) is 2.72. The smallest absolute Gasteiger partial charge is 0.217 e. The second kappa shape index (κ2) is 10.5. The summed E-state index contributed by atoms with van der Waals surface area (Å²) < 4.78 is 5.92. The summed E-state index contributed by atoms with van der Waals surface area (Å²) in [5, 5.41) is 2.99. The number of ether oxygens (including phenoxy) is 1. The highest BCUT2D eigenvalue weighted by molar-refractivity contribution is 7.98. The summed E-state index contributed by atoms with van der Waals surface area (Å²) in [7, 11) is 0. The minimum absolute atomic E-state index is 0.0796. The van der Waals surface area contributed by atoms with Gasteiger partial charge in [-0.15, -0.1) is 0 Å². The number of nitrogens with one attached hydrogen (secondary N) is 1. The van der Waals surface area contributed by atoms with Crippen LogP contribution in [0.3, 0.4) is 0 Å². The molecule has 3 N–H and O–H groups in total. The predicted molar refractivity (Wildman–Crippen MR) is 86.0 cm³/mol. The van der Waals surface area contributed by atoms with Crippen LogP contribution in [0.4, 0.5) is 0 Å². The molecule has 20 heavy (non-hydrogen) atoms. The summed E-state index contributed by atoms with van der Waals surface area (Å²) in [6.45, 7) is 2.44. The molecule has 0 aromatic carbocycles. The normalized spacial score (nSPS) is 24.4. The van der Waals surface area contributed by atoms with E-state index in [-0.39, 0.29) is 5.91 Å². The van der Waals surface area contributed by atoms with E-state index in [1.165, 1.54) is 0 Å². The third-order valence-electron chi connectivity index (χ3n) is 3.79. The second-order valence-electron chi connectivity index (χ2n) is 5.76. The predicted octanol–water partition coefficient (Wildman–Crippen LogP) is 2.31. The van der Waals surface area contributed by atoms with E-state index in [2.05, 4.69) is 11.6 Å². The molecule has 1 saturated carbocycles. The van der Waals surface area contributed by atoms with Crippen LogP contribution in [0.15, 0.2) is 0 Å². The first-order valence-corrected chi connectivity index (χ1v) is 9.14. The minimum atomic E-state index is 0.0796. The van der Waals surface area contributed by atoms with Gasteiger partial charge in [0.15, 0.2) is 0 Å². The zero-order chi connectivity index (χ0) is 14.8. The minimum Gasteiger partial charge on any atom is -0.378 e. The van der Waals surface area contributed by atoms with Crippen LogP contribution in [-0.2, 0) is 9.53 Å². The fourth-order valence-corrected chi connectivity index (χ4v) is 3.31. The third-order valence-corrected chi connectivity index (χ3v) is 4.55. The van der Waals surface area contributed by atoms with E-state index in [4.69, 9.17) is 10.5 Å². The largest absolute Gasteiger partial charge is 0.378 e. The topological polar surface area (TPSA) is 64.3 Å². The molecular weight excluding hydrogens is 272 g/mol. The Morgan fingerprint density at radius 3 is 2.65 bits per heavy atom. The van der Waals surface area contributed by atoms with Crippen LogP contribution in [0, 0.1) is 0 Å². The van der Waals surface area contributed by atoms with E-state index in [1.54, 1.807) is 6.92 Å². The summed E-state index contributed by atoms with van der Waals surface area (Å²) in [5.74, 6) is 1.13.